The van der Waals surface area contributed by atoms with Gasteiger partial charge in [0, 0.05) is 17.3 Å². The number of nitrogens with zero attached hydrogens (tertiary/aromatic N) is 1. The van der Waals surface area contributed by atoms with Crippen molar-refractivity contribution in [3.05, 3.63) is 65.5 Å². The molecule has 0 aliphatic carbocycles. The summed E-state index contributed by atoms with van der Waals surface area (Å²) in [6.07, 6.45) is -2.00. The van der Waals surface area contributed by atoms with E-state index < -0.39 is 11.7 Å². The average molecular weight is 303 g/mol. The van der Waals surface area contributed by atoms with E-state index in [0.29, 0.717) is 23.1 Å². The lowest BCUT2D eigenvalue weighted by Crippen LogP contribution is -2.04. The lowest BCUT2D eigenvalue weighted by molar-refractivity contribution is -0.137. The minimum absolute atomic E-state index is 0.342. The summed E-state index contributed by atoms with van der Waals surface area (Å²) in [5.41, 5.74) is 2.26. The second kappa shape index (κ2) is 5.02. The van der Waals surface area contributed by atoms with Gasteiger partial charge in [-0.3, -0.25) is 4.79 Å². The maximum Gasteiger partial charge on any atom is 0.416 e. The molecule has 0 unspecified atom stereocenters. The number of hydrogen-bond donors (Lipinski definition) is 0. The number of hydrogen-bond acceptors (Lipinski definition) is 1. The van der Waals surface area contributed by atoms with Gasteiger partial charge in [0.05, 0.1) is 11.3 Å². The Labute approximate surface area is 124 Å². The molecule has 22 heavy (non-hydrogen) atoms. The normalized spacial score (nSPS) is 11.8. The Morgan fingerprint density at radius 1 is 1.09 bits per heavy atom. The van der Waals surface area contributed by atoms with Crippen molar-refractivity contribution >= 4 is 11.8 Å². The van der Waals surface area contributed by atoms with Gasteiger partial charge in [0.1, 0.15) is 0 Å². The summed E-state index contributed by atoms with van der Waals surface area (Å²) in [4.78, 5) is 11.4. The van der Waals surface area contributed by atoms with Crippen molar-refractivity contribution in [2.75, 3.05) is 0 Å². The van der Waals surface area contributed by atoms with Crippen LogP contribution in [0.4, 0.5) is 13.2 Å². The van der Waals surface area contributed by atoms with E-state index in [2.05, 4.69) is 0 Å². The van der Waals surface area contributed by atoms with E-state index in [-0.39, 0.29) is 0 Å². The van der Waals surface area contributed by atoms with E-state index in [1.165, 1.54) is 6.07 Å². The molecule has 1 aromatic carbocycles. The highest BCUT2D eigenvalue weighted by Crippen LogP contribution is 2.34. The number of aldehydes is 1. The molecule has 2 aromatic heterocycles. The van der Waals surface area contributed by atoms with Crippen molar-refractivity contribution in [1.82, 2.24) is 4.40 Å². The number of aromatic nitrogens is 1. The van der Waals surface area contributed by atoms with Gasteiger partial charge >= 0.3 is 6.18 Å². The number of fused-ring (bicyclic) bond motifs is 1. The van der Waals surface area contributed by atoms with Gasteiger partial charge in [-0.25, -0.2) is 0 Å². The number of pyridine rings is 1. The van der Waals surface area contributed by atoms with Crippen molar-refractivity contribution in [2.24, 2.45) is 0 Å². The number of halogens is 3. The number of benzene rings is 1. The third-order valence-corrected chi connectivity index (χ3v) is 3.58. The molecule has 0 aliphatic rings. The number of alkyl halides is 3. The fourth-order valence-electron chi connectivity index (χ4n) is 2.53. The van der Waals surface area contributed by atoms with E-state index in [1.54, 1.807) is 22.7 Å². The molecule has 0 N–H and O–H groups in total. The molecule has 0 saturated heterocycles. The van der Waals surface area contributed by atoms with Crippen LogP contribution in [0.25, 0.3) is 16.6 Å². The van der Waals surface area contributed by atoms with Gasteiger partial charge in [0.15, 0.2) is 6.29 Å². The number of rotatable bonds is 2. The summed E-state index contributed by atoms with van der Waals surface area (Å²) < 4.78 is 40.2. The molecular weight excluding hydrogens is 291 g/mol. The van der Waals surface area contributed by atoms with E-state index in [0.717, 1.165) is 23.2 Å². The molecule has 112 valence electrons. The van der Waals surface area contributed by atoms with Crippen LogP contribution in [0.15, 0.2) is 48.7 Å². The molecule has 0 radical (unpaired) electrons. The molecule has 0 aliphatic heterocycles. The molecule has 2 heterocycles. The van der Waals surface area contributed by atoms with Crippen molar-refractivity contribution in [1.29, 1.82) is 0 Å². The Morgan fingerprint density at radius 2 is 1.86 bits per heavy atom. The van der Waals surface area contributed by atoms with Crippen LogP contribution in [0, 0.1) is 6.92 Å². The van der Waals surface area contributed by atoms with E-state index >= 15 is 0 Å². The van der Waals surface area contributed by atoms with Crippen LogP contribution in [0.2, 0.25) is 0 Å². The van der Waals surface area contributed by atoms with Gasteiger partial charge in [-0.2, -0.15) is 13.2 Å². The number of carbonyl (C=O) groups excluding carboxylic acids is 1. The Balaban J connectivity index is 2.24. The zero-order chi connectivity index (χ0) is 15.9. The largest absolute Gasteiger partial charge is 0.416 e. The van der Waals surface area contributed by atoms with Crippen LogP contribution in [0.3, 0.4) is 0 Å². The first-order valence-electron chi connectivity index (χ1n) is 6.64. The zero-order valence-electron chi connectivity index (χ0n) is 11.7. The molecule has 3 aromatic rings. The van der Waals surface area contributed by atoms with Crippen LogP contribution in [0.5, 0.6) is 0 Å². The Morgan fingerprint density at radius 3 is 2.55 bits per heavy atom. The maximum absolute atomic E-state index is 12.8. The fraction of sp³-hybridized carbons (Fsp3) is 0.118. The van der Waals surface area contributed by atoms with Gasteiger partial charge < -0.3 is 4.40 Å². The molecule has 3 rings (SSSR count). The zero-order valence-corrected chi connectivity index (χ0v) is 11.7. The highest BCUT2D eigenvalue weighted by atomic mass is 19.4. The van der Waals surface area contributed by atoms with Crippen LogP contribution in [-0.4, -0.2) is 10.7 Å². The maximum atomic E-state index is 12.8. The van der Waals surface area contributed by atoms with Gasteiger partial charge in [0.25, 0.3) is 0 Å². The van der Waals surface area contributed by atoms with Crippen molar-refractivity contribution < 1.29 is 18.0 Å². The predicted octanol–water partition coefficient (Wildman–Crippen LogP) is 4.75. The highest BCUT2D eigenvalue weighted by molar-refractivity contribution is 5.90. The standard InChI is InChI=1S/C17H12F3NO/c1-11-5-6-21-14(7-11)9-15(16(21)10-22)12-3-2-4-13(8-12)17(18,19)20/h2-10H,1H3. The van der Waals surface area contributed by atoms with Crippen LogP contribution in [-0.2, 0) is 6.18 Å². The molecule has 0 saturated carbocycles. The van der Waals surface area contributed by atoms with Crippen LogP contribution < -0.4 is 0 Å². The molecule has 0 amide bonds. The molecular formula is C17H12F3NO. The topological polar surface area (TPSA) is 21.5 Å². The average Bonchev–Trinajstić information content (AvgIpc) is 2.84. The Hall–Kier alpha value is -2.56. The smallest absolute Gasteiger partial charge is 0.314 e. The third kappa shape index (κ3) is 2.39. The lowest BCUT2D eigenvalue weighted by Gasteiger charge is -2.08. The van der Waals surface area contributed by atoms with Gasteiger partial charge in [-0.05, 0) is 48.4 Å². The van der Waals surface area contributed by atoms with Crippen LogP contribution >= 0.6 is 0 Å². The van der Waals surface area contributed by atoms with Gasteiger partial charge in [-0.15, -0.1) is 0 Å². The van der Waals surface area contributed by atoms with Crippen molar-refractivity contribution in [3.63, 3.8) is 0 Å². The molecule has 5 heteroatoms. The highest BCUT2D eigenvalue weighted by Gasteiger charge is 2.30. The fourth-order valence-corrected chi connectivity index (χ4v) is 2.53. The summed E-state index contributed by atoms with van der Waals surface area (Å²) in [6, 6.07) is 10.5. The van der Waals surface area contributed by atoms with E-state index in [9.17, 15) is 18.0 Å². The Bertz CT molecular complexity index is 862. The summed E-state index contributed by atoms with van der Waals surface area (Å²) in [7, 11) is 0. The van der Waals surface area contributed by atoms with E-state index in [4.69, 9.17) is 0 Å². The second-order valence-electron chi connectivity index (χ2n) is 5.14. The first-order chi connectivity index (χ1) is 10.4. The number of carbonyl (C=O) groups is 1. The van der Waals surface area contributed by atoms with E-state index in [1.807, 2.05) is 19.1 Å². The first-order valence-corrected chi connectivity index (χ1v) is 6.64. The number of aryl methyl sites for hydroxylation is 1. The molecule has 0 atom stereocenters. The summed E-state index contributed by atoms with van der Waals surface area (Å²) in [5, 5.41) is 0. The summed E-state index contributed by atoms with van der Waals surface area (Å²) in [6.45, 7) is 1.91. The SMILES string of the molecule is Cc1ccn2c(C=O)c(-c3cccc(C(F)(F)F)c3)cc2c1. The third-order valence-electron chi connectivity index (χ3n) is 3.58. The van der Waals surface area contributed by atoms with Gasteiger partial charge in [0.2, 0.25) is 0 Å². The predicted molar refractivity (Wildman–Crippen MR) is 78.0 cm³/mol. The quantitative estimate of drug-likeness (QED) is 0.626. The molecule has 0 fully saturated rings. The first kappa shape index (κ1) is 14.4. The lowest BCUT2D eigenvalue weighted by atomic mass is 10.0. The molecule has 0 spiro atoms. The van der Waals surface area contributed by atoms with Crippen molar-refractivity contribution in [3.8, 4) is 11.1 Å². The second-order valence-corrected chi connectivity index (χ2v) is 5.14. The van der Waals surface area contributed by atoms with Gasteiger partial charge in [-0.1, -0.05) is 12.1 Å². The summed E-state index contributed by atoms with van der Waals surface area (Å²) in [5.74, 6) is 0. The monoisotopic (exact) mass is 303 g/mol. The summed E-state index contributed by atoms with van der Waals surface area (Å²) >= 11 is 0. The minimum Gasteiger partial charge on any atom is -0.314 e. The van der Waals surface area contributed by atoms with Crippen LogP contribution in [0.1, 0.15) is 21.6 Å². The molecule has 2 nitrogen and oxygen atoms in total. The van der Waals surface area contributed by atoms with Crippen molar-refractivity contribution in [2.45, 2.75) is 13.1 Å². The Kier molecular flexibility index (Phi) is 3.28. The molecule has 0 bridgehead atoms. The minimum atomic E-state index is -4.41.